The minimum Gasteiger partial charge on any atom is -0.352 e. The van der Waals surface area contributed by atoms with Crippen molar-refractivity contribution < 1.29 is 17.6 Å². The van der Waals surface area contributed by atoms with E-state index in [0.29, 0.717) is 29.3 Å². The van der Waals surface area contributed by atoms with E-state index in [9.17, 15) is 13.2 Å². The van der Waals surface area contributed by atoms with Gasteiger partial charge in [0.15, 0.2) is 5.65 Å². The highest BCUT2D eigenvalue weighted by atomic mass is 19.4. The SMILES string of the molecule is CC(N=[N+]=[N-])C1(F)CCN(c2ccc3ncc(-c4cccc(C(F)(F)F)c4)n3n2)C1. The van der Waals surface area contributed by atoms with Crippen LogP contribution >= 0.6 is 0 Å². The third kappa shape index (κ3) is 3.52. The largest absolute Gasteiger partial charge is 0.416 e. The molecule has 1 fully saturated rings. The van der Waals surface area contributed by atoms with Crippen LogP contribution in [0.25, 0.3) is 27.3 Å². The lowest BCUT2D eigenvalue weighted by Gasteiger charge is -2.24. The van der Waals surface area contributed by atoms with E-state index in [0.717, 1.165) is 12.1 Å². The summed E-state index contributed by atoms with van der Waals surface area (Å²) in [5.41, 5.74) is 7.31. The van der Waals surface area contributed by atoms with E-state index in [-0.39, 0.29) is 13.0 Å². The molecule has 7 nitrogen and oxygen atoms in total. The Morgan fingerprint density at radius 2 is 2.07 bits per heavy atom. The van der Waals surface area contributed by atoms with Crippen LogP contribution < -0.4 is 4.90 Å². The van der Waals surface area contributed by atoms with E-state index in [2.05, 4.69) is 20.1 Å². The Labute approximate surface area is 168 Å². The summed E-state index contributed by atoms with van der Waals surface area (Å²) >= 11 is 0. The van der Waals surface area contributed by atoms with Crippen molar-refractivity contribution in [3.63, 3.8) is 0 Å². The fourth-order valence-electron chi connectivity index (χ4n) is 3.60. The third-order valence-corrected chi connectivity index (χ3v) is 5.38. The summed E-state index contributed by atoms with van der Waals surface area (Å²) < 4.78 is 55.8. The highest BCUT2D eigenvalue weighted by molar-refractivity contribution is 5.64. The first-order valence-corrected chi connectivity index (χ1v) is 9.22. The van der Waals surface area contributed by atoms with Gasteiger partial charge in [-0.3, -0.25) is 0 Å². The van der Waals surface area contributed by atoms with Crippen molar-refractivity contribution in [2.24, 2.45) is 5.11 Å². The fourth-order valence-corrected chi connectivity index (χ4v) is 3.60. The molecule has 1 saturated heterocycles. The van der Waals surface area contributed by atoms with Gasteiger partial charge in [0, 0.05) is 23.4 Å². The maximum atomic E-state index is 15.1. The number of alkyl halides is 4. The maximum Gasteiger partial charge on any atom is 0.416 e. The quantitative estimate of drug-likeness (QED) is 0.257. The van der Waals surface area contributed by atoms with E-state index >= 15 is 4.39 Å². The molecule has 156 valence electrons. The minimum atomic E-state index is -4.46. The highest BCUT2D eigenvalue weighted by Gasteiger charge is 2.43. The van der Waals surface area contributed by atoms with Crippen molar-refractivity contribution >= 4 is 11.5 Å². The molecule has 2 aromatic heterocycles. The Hall–Kier alpha value is -3.33. The molecule has 4 rings (SSSR count). The van der Waals surface area contributed by atoms with Crippen molar-refractivity contribution in [1.82, 2.24) is 14.6 Å². The number of benzene rings is 1. The first-order chi connectivity index (χ1) is 14.2. The zero-order valence-corrected chi connectivity index (χ0v) is 15.9. The standard InChI is InChI=1S/C19H17F4N7/c1-12(26-28-24)18(20)7-8-29(11-18)17-6-5-16-25-10-15(30(16)27-17)13-3-2-4-14(9-13)19(21,22)23/h2-6,9-10,12H,7-8,11H2,1H3. The number of nitrogens with zero attached hydrogens (tertiary/aromatic N) is 7. The highest BCUT2D eigenvalue weighted by Crippen LogP contribution is 2.34. The van der Waals surface area contributed by atoms with Crippen LogP contribution in [0.4, 0.5) is 23.4 Å². The summed E-state index contributed by atoms with van der Waals surface area (Å²) in [6.45, 7) is 1.90. The summed E-state index contributed by atoms with van der Waals surface area (Å²) in [5, 5.41) is 7.97. The smallest absolute Gasteiger partial charge is 0.352 e. The molecule has 2 atom stereocenters. The molecular weight excluding hydrogens is 402 g/mol. The maximum absolute atomic E-state index is 15.1. The van der Waals surface area contributed by atoms with Gasteiger partial charge in [0.25, 0.3) is 0 Å². The van der Waals surface area contributed by atoms with Crippen LogP contribution in [0.1, 0.15) is 18.9 Å². The molecule has 3 aromatic rings. The van der Waals surface area contributed by atoms with Crippen LogP contribution in [0.2, 0.25) is 0 Å². The normalized spacial score (nSPS) is 20.4. The predicted octanol–water partition coefficient (Wildman–Crippen LogP) is 5.03. The Morgan fingerprint density at radius 1 is 1.27 bits per heavy atom. The Balaban J connectivity index is 1.69. The molecule has 0 amide bonds. The van der Waals surface area contributed by atoms with Crippen LogP contribution in [0.5, 0.6) is 0 Å². The summed E-state index contributed by atoms with van der Waals surface area (Å²) in [6.07, 6.45) is -2.83. The summed E-state index contributed by atoms with van der Waals surface area (Å²) in [5.74, 6) is 0.460. The van der Waals surface area contributed by atoms with Crippen molar-refractivity contribution in [3.8, 4) is 11.3 Å². The molecule has 11 heteroatoms. The van der Waals surface area contributed by atoms with Gasteiger partial charge in [-0.05, 0) is 29.8 Å². The Bertz CT molecular complexity index is 1140. The van der Waals surface area contributed by atoms with Gasteiger partial charge in [-0.15, -0.1) is 5.10 Å². The summed E-state index contributed by atoms with van der Waals surface area (Å²) in [6, 6.07) is 7.46. The molecule has 0 spiro atoms. The van der Waals surface area contributed by atoms with Crippen molar-refractivity contribution in [3.05, 3.63) is 58.6 Å². The number of hydrogen-bond donors (Lipinski definition) is 0. The van der Waals surface area contributed by atoms with E-state index in [1.54, 1.807) is 23.1 Å². The first-order valence-electron chi connectivity index (χ1n) is 9.22. The third-order valence-electron chi connectivity index (χ3n) is 5.38. The summed E-state index contributed by atoms with van der Waals surface area (Å²) in [4.78, 5) is 8.61. The molecular formula is C19H17F4N7. The molecule has 0 saturated carbocycles. The predicted molar refractivity (Wildman–Crippen MR) is 103 cm³/mol. The first kappa shape index (κ1) is 20.0. The van der Waals surface area contributed by atoms with Gasteiger partial charge in [-0.25, -0.2) is 13.9 Å². The zero-order valence-electron chi connectivity index (χ0n) is 15.9. The van der Waals surface area contributed by atoms with Gasteiger partial charge in [0.2, 0.25) is 0 Å². The van der Waals surface area contributed by atoms with Gasteiger partial charge >= 0.3 is 6.18 Å². The Morgan fingerprint density at radius 3 is 2.80 bits per heavy atom. The second-order valence-corrected chi connectivity index (χ2v) is 7.27. The van der Waals surface area contributed by atoms with Crippen molar-refractivity contribution in [2.45, 2.75) is 31.2 Å². The number of halogens is 4. The number of azide groups is 1. The van der Waals surface area contributed by atoms with Gasteiger partial charge in [0.05, 0.1) is 30.0 Å². The number of imidazole rings is 1. The molecule has 1 aliphatic rings. The average molecular weight is 419 g/mol. The van der Waals surface area contributed by atoms with E-state index in [1.165, 1.54) is 23.7 Å². The fraction of sp³-hybridized carbons (Fsp3) is 0.368. The number of aromatic nitrogens is 3. The molecule has 1 aromatic carbocycles. The monoisotopic (exact) mass is 419 g/mol. The van der Waals surface area contributed by atoms with E-state index in [4.69, 9.17) is 5.53 Å². The molecule has 30 heavy (non-hydrogen) atoms. The molecule has 0 bridgehead atoms. The second-order valence-electron chi connectivity index (χ2n) is 7.27. The van der Waals surface area contributed by atoms with Gasteiger partial charge in [0.1, 0.15) is 11.5 Å². The molecule has 3 heterocycles. The van der Waals surface area contributed by atoms with Crippen molar-refractivity contribution in [2.75, 3.05) is 18.0 Å². The Kier molecular flexibility index (Phi) is 4.77. The van der Waals surface area contributed by atoms with Crippen LogP contribution in [0.15, 0.2) is 47.7 Å². The van der Waals surface area contributed by atoms with E-state index in [1.807, 2.05) is 0 Å². The molecule has 1 aliphatic heterocycles. The molecule has 0 radical (unpaired) electrons. The molecule has 0 N–H and O–H groups in total. The number of rotatable bonds is 4. The lowest BCUT2D eigenvalue weighted by molar-refractivity contribution is -0.137. The molecule has 0 aliphatic carbocycles. The van der Waals surface area contributed by atoms with Gasteiger partial charge < -0.3 is 4.90 Å². The van der Waals surface area contributed by atoms with Crippen LogP contribution in [-0.2, 0) is 6.18 Å². The number of anilines is 1. The number of fused-ring (bicyclic) bond motifs is 1. The lowest BCUT2D eigenvalue weighted by atomic mass is 9.97. The van der Waals surface area contributed by atoms with Gasteiger partial charge in [-0.1, -0.05) is 24.2 Å². The zero-order chi connectivity index (χ0) is 21.5. The van der Waals surface area contributed by atoms with Crippen LogP contribution in [0.3, 0.4) is 0 Å². The lowest BCUT2D eigenvalue weighted by Crippen LogP contribution is -2.38. The summed E-state index contributed by atoms with van der Waals surface area (Å²) in [7, 11) is 0. The molecule has 2 unspecified atom stereocenters. The van der Waals surface area contributed by atoms with E-state index < -0.39 is 23.5 Å². The van der Waals surface area contributed by atoms with Crippen LogP contribution in [0, 0.1) is 0 Å². The van der Waals surface area contributed by atoms with Crippen LogP contribution in [-0.4, -0.2) is 39.4 Å². The number of hydrogen-bond acceptors (Lipinski definition) is 4. The van der Waals surface area contributed by atoms with Gasteiger partial charge in [-0.2, -0.15) is 13.2 Å². The second kappa shape index (κ2) is 7.17. The average Bonchev–Trinajstić information content (AvgIpc) is 3.32. The minimum absolute atomic E-state index is 0.000712. The van der Waals surface area contributed by atoms with Crippen molar-refractivity contribution in [1.29, 1.82) is 0 Å². The topological polar surface area (TPSA) is 82.2 Å².